The van der Waals surface area contributed by atoms with Gasteiger partial charge in [-0.1, -0.05) is 19.0 Å². The first-order chi connectivity index (χ1) is 8.13. The van der Waals surface area contributed by atoms with E-state index < -0.39 is 0 Å². The van der Waals surface area contributed by atoms with Gasteiger partial charge in [-0.25, -0.2) is 0 Å². The summed E-state index contributed by atoms with van der Waals surface area (Å²) in [6.07, 6.45) is 4.37. The Kier molecular flexibility index (Phi) is 5.25. The average Bonchev–Trinajstić information content (AvgIpc) is 3.15. The van der Waals surface area contributed by atoms with Crippen LogP contribution in [0.1, 0.15) is 46.0 Å². The van der Waals surface area contributed by atoms with Crippen LogP contribution in [0.25, 0.3) is 0 Å². The first kappa shape index (κ1) is 13.8. The SMILES string of the molecule is CCC(CC)C(=O)N(CCC(N)=NO)C1CC1. The molecule has 3 N–H and O–H groups in total. The highest BCUT2D eigenvalue weighted by Gasteiger charge is 2.34. The summed E-state index contributed by atoms with van der Waals surface area (Å²) in [6.45, 7) is 4.65. The molecule has 5 nitrogen and oxygen atoms in total. The van der Waals surface area contributed by atoms with Crippen LogP contribution in [0.3, 0.4) is 0 Å². The van der Waals surface area contributed by atoms with Crippen molar-refractivity contribution in [2.75, 3.05) is 6.54 Å². The van der Waals surface area contributed by atoms with Crippen LogP contribution in [0.5, 0.6) is 0 Å². The molecule has 1 amide bonds. The number of oxime groups is 1. The molecule has 0 radical (unpaired) electrons. The molecule has 0 spiro atoms. The van der Waals surface area contributed by atoms with Gasteiger partial charge in [-0.15, -0.1) is 0 Å². The minimum atomic E-state index is 0.114. The van der Waals surface area contributed by atoms with Gasteiger partial charge in [-0.3, -0.25) is 4.79 Å². The third-order valence-electron chi connectivity index (χ3n) is 3.34. The largest absolute Gasteiger partial charge is 0.409 e. The Morgan fingerprint density at radius 1 is 1.47 bits per heavy atom. The molecule has 0 bridgehead atoms. The molecule has 5 heteroatoms. The second-order valence-electron chi connectivity index (χ2n) is 4.62. The van der Waals surface area contributed by atoms with E-state index in [1.165, 1.54) is 0 Å². The molecule has 17 heavy (non-hydrogen) atoms. The maximum absolute atomic E-state index is 12.3. The van der Waals surface area contributed by atoms with Crippen molar-refractivity contribution in [1.82, 2.24) is 4.90 Å². The van der Waals surface area contributed by atoms with Crippen LogP contribution < -0.4 is 5.73 Å². The summed E-state index contributed by atoms with van der Waals surface area (Å²) in [5.41, 5.74) is 5.45. The average molecular weight is 241 g/mol. The summed E-state index contributed by atoms with van der Waals surface area (Å²) in [5.74, 6) is 0.527. The molecule has 1 saturated carbocycles. The molecular weight excluding hydrogens is 218 g/mol. The standard InChI is InChI=1S/C12H23N3O2/c1-3-9(4-2)12(16)15(10-5-6-10)8-7-11(13)14-17/h9-10,17H,3-8H2,1-2H3,(H2,13,14). The van der Waals surface area contributed by atoms with Crippen LogP contribution in [-0.2, 0) is 4.79 Å². The van der Waals surface area contributed by atoms with E-state index in [-0.39, 0.29) is 17.7 Å². The molecule has 0 heterocycles. The summed E-state index contributed by atoms with van der Waals surface area (Å²) in [7, 11) is 0. The van der Waals surface area contributed by atoms with Crippen molar-refractivity contribution < 1.29 is 10.0 Å². The van der Waals surface area contributed by atoms with Gasteiger partial charge in [0.2, 0.25) is 5.91 Å². The zero-order valence-electron chi connectivity index (χ0n) is 10.7. The van der Waals surface area contributed by atoms with Gasteiger partial charge < -0.3 is 15.8 Å². The Bertz CT molecular complexity index is 283. The van der Waals surface area contributed by atoms with E-state index in [4.69, 9.17) is 10.9 Å². The number of nitrogens with zero attached hydrogens (tertiary/aromatic N) is 2. The fourth-order valence-corrected chi connectivity index (χ4v) is 2.02. The molecule has 0 aromatic rings. The zero-order chi connectivity index (χ0) is 12.8. The Hall–Kier alpha value is -1.26. The van der Waals surface area contributed by atoms with Crippen molar-refractivity contribution in [2.24, 2.45) is 16.8 Å². The van der Waals surface area contributed by atoms with Gasteiger partial charge in [0.25, 0.3) is 0 Å². The molecule has 1 fully saturated rings. The summed E-state index contributed by atoms with van der Waals surface area (Å²) in [6, 6.07) is 0.384. The van der Waals surface area contributed by atoms with Crippen LogP contribution >= 0.6 is 0 Å². The molecule has 1 aliphatic rings. The predicted molar refractivity (Wildman–Crippen MR) is 66.8 cm³/mol. The lowest BCUT2D eigenvalue weighted by Crippen LogP contribution is -2.39. The van der Waals surface area contributed by atoms with Crippen LogP contribution in [0, 0.1) is 5.92 Å². The van der Waals surface area contributed by atoms with Crippen molar-refractivity contribution in [3.8, 4) is 0 Å². The van der Waals surface area contributed by atoms with E-state index >= 15 is 0 Å². The van der Waals surface area contributed by atoms with Crippen molar-refractivity contribution in [3.05, 3.63) is 0 Å². The molecule has 1 rings (SSSR count). The summed E-state index contributed by atoms with van der Waals surface area (Å²) in [4.78, 5) is 14.2. The normalized spacial score (nSPS) is 16.3. The molecule has 1 aliphatic carbocycles. The lowest BCUT2D eigenvalue weighted by atomic mass is 10.0. The summed E-state index contributed by atoms with van der Waals surface area (Å²) < 4.78 is 0. The topological polar surface area (TPSA) is 78.9 Å². The minimum absolute atomic E-state index is 0.114. The van der Waals surface area contributed by atoms with Crippen LogP contribution in [0.4, 0.5) is 0 Å². The zero-order valence-corrected chi connectivity index (χ0v) is 10.7. The highest BCUT2D eigenvalue weighted by Crippen LogP contribution is 2.29. The number of amides is 1. The fourth-order valence-electron chi connectivity index (χ4n) is 2.02. The van der Waals surface area contributed by atoms with E-state index in [0.717, 1.165) is 25.7 Å². The first-order valence-electron chi connectivity index (χ1n) is 6.40. The van der Waals surface area contributed by atoms with Gasteiger partial charge in [0, 0.05) is 24.9 Å². The molecule has 0 aromatic carbocycles. The molecular formula is C12H23N3O2. The number of hydrogen-bond acceptors (Lipinski definition) is 3. The van der Waals surface area contributed by atoms with Crippen LogP contribution in [0.15, 0.2) is 5.16 Å². The fraction of sp³-hybridized carbons (Fsp3) is 0.833. The van der Waals surface area contributed by atoms with E-state index in [0.29, 0.717) is 19.0 Å². The maximum atomic E-state index is 12.3. The Balaban J connectivity index is 2.56. The van der Waals surface area contributed by atoms with Crippen molar-refractivity contribution in [1.29, 1.82) is 0 Å². The number of carbonyl (C=O) groups excluding carboxylic acids is 1. The number of nitrogens with two attached hydrogens (primary N) is 1. The lowest BCUT2D eigenvalue weighted by Gasteiger charge is -2.26. The first-order valence-corrected chi connectivity index (χ1v) is 6.40. The Morgan fingerprint density at radius 3 is 2.47 bits per heavy atom. The van der Waals surface area contributed by atoms with E-state index in [9.17, 15) is 4.79 Å². The number of hydrogen-bond donors (Lipinski definition) is 2. The van der Waals surface area contributed by atoms with E-state index in [2.05, 4.69) is 5.16 Å². The second kappa shape index (κ2) is 6.47. The highest BCUT2D eigenvalue weighted by atomic mass is 16.4. The summed E-state index contributed by atoms with van der Waals surface area (Å²) >= 11 is 0. The van der Waals surface area contributed by atoms with Gasteiger partial charge in [0.1, 0.15) is 5.84 Å². The van der Waals surface area contributed by atoms with Gasteiger partial charge in [0.15, 0.2) is 0 Å². The Morgan fingerprint density at radius 2 is 2.06 bits per heavy atom. The van der Waals surface area contributed by atoms with Gasteiger partial charge in [0.05, 0.1) is 0 Å². The quantitative estimate of drug-likeness (QED) is 0.307. The van der Waals surface area contributed by atoms with Crippen LogP contribution in [0.2, 0.25) is 0 Å². The molecule has 0 unspecified atom stereocenters. The molecule has 98 valence electrons. The molecule has 0 aliphatic heterocycles. The lowest BCUT2D eigenvalue weighted by molar-refractivity contribution is -0.136. The number of amidine groups is 1. The third-order valence-corrected chi connectivity index (χ3v) is 3.34. The van der Waals surface area contributed by atoms with Crippen molar-refractivity contribution in [2.45, 2.75) is 52.0 Å². The number of carbonyl (C=O) groups is 1. The Labute approximate surface area is 103 Å². The van der Waals surface area contributed by atoms with Gasteiger partial charge in [-0.2, -0.15) is 0 Å². The molecule has 0 atom stereocenters. The second-order valence-corrected chi connectivity index (χ2v) is 4.62. The predicted octanol–water partition coefficient (Wildman–Crippen LogP) is 1.55. The van der Waals surface area contributed by atoms with Gasteiger partial charge in [-0.05, 0) is 25.7 Å². The number of rotatable bonds is 7. The third kappa shape index (κ3) is 3.91. The monoisotopic (exact) mass is 241 g/mol. The van der Waals surface area contributed by atoms with Crippen LogP contribution in [-0.4, -0.2) is 34.4 Å². The minimum Gasteiger partial charge on any atom is -0.409 e. The molecule has 0 aromatic heterocycles. The van der Waals surface area contributed by atoms with Gasteiger partial charge >= 0.3 is 0 Å². The smallest absolute Gasteiger partial charge is 0.225 e. The van der Waals surface area contributed by atoms with E-state index in [1.807, 2.05) is 18.7 Å². The summed E-state index contributed by atoms with van der Waals surface area (Å²) in [5, 5.41) is 11.4. The van der Waals surface area contributed by atoms with E-state index in [1.54, 1.807) is 0 Å². The van der Waals surface area contributed by atoms with Crippen molar-refractivity contribution >= 4 is 11.7 Å². The van der Waals surface area contributed by atoms with Crippen molar-refractivity contribution in [3.63, 3.8) is 0 Å². The maximum Gasteiger partial charge on any atom is 0.225 e. The highest BCUT2D eigenvalue weighted by molar-refractivity contribution is 5.82. The molecule has 0 saturated heterocycles.